The van der Waals surface area contributed by atoms with Gasteiger partial charge < -0.3 is 10.2 Å². The van der Waals surface area contributed by atoms with Crippen molar-refractivity contribution in [3.05, 3.63) is 17.5 Å². The maximum absolute atomic E-state index is 13.9. The van der Waals surface area contributed by atoms with Gasteiger partial charge in [-0.2, -0.15) is 5.10 Å². The molecule has 2 fully saturated rings. The second-order valence-corrected chi connectivity index (χ2v) is 11.2. The Hall–Kier alpha value is -1.85. The molecule has 1 unspecified atom stereocenters. The van der Waals surface area contributed by atoms with Crippen LogP contribution in [0.4, 0.5) is 0 Å². The minimum absolute atomic E-state index is 0.00421. The number of hydrogen-bond donors (Lipinski definition) is 1. The fourth-order valence-corrected chi connectivity index (χ4v) is 5.65. The summed E-state index contributed by atoms with van der Waals surface area (Å²) in [6.07, 6.45) is 12.3. The summed E-state index contributed by atoms with van der Waals surface area (Å²) >= 11 is 0. The molecule has 0 bridgehead atoms. The Labute approximate surface area is 187 Å². The first-order valence-corrected chi connectivity index (χ1v) is 12.4. The van der Waals surface area contributed by atoms with E-state index in [0.29, 0.717) is 12.2 Å². The molecule has 4 rings (SSSR count). The van der Waals surface area contributed by atoms with Gasteiger partial charge in [-0.1, -0.05) is 65.7 Å². The van der Waals surface area contributed by atoms with Gasteiger partial charge in [0.2, 0.25) is 5.91 Å². The number of fused-ring (bicyclic) bond motifs is 1. The first kappa shape index (κ1) is 22.3. The van der Waals surface area contributed by atoms with Crippen molar-refractivity contribution >= 4 is 11.8 Å². The van der Waals surface area contributed by atoms with Crippen LogP contribution in [0.25, 0.3) is 0 Å². The molecule has 1 atom stereocenters. The minimum Gasteiger partial charge on any atom is -0.351 e. The molecular weight excluding hydrogens is 388 g/mol. The third-order valence-electron chi connectivity index (χ3n) is 7.60. The van der Waals surface area contributed by atoms with E-state index in [4.69, 9.17) is 5.10 Å². The van der Waals surface area contributed by atoms with Crippen LogP contribution in [0.15, 0.2) is 6.07 Å². The zero-order valence-corrected chi connectivity index (χ0v) is 19.9. The normalized spacial score (nSPS) is 26.5. The van der Waals surface area contributed by atoms with Crippen molar-refractivity contribution in [2.75, 3.05) is 0 Å². The van der Waals surface area contributed by atoms with E-state index in [0.717, 1.165) is 44.2 Å². The van der Waals surface area contributed by atoms with Crippen LogP contribution in [-0.2, 0) is 16.8 Å². The highest BCUT2D eigenvalue weighted by molar-refractivity contribution is 6.00. The van der Waals surface area contributed by atoms with Crippen LogP contribution >= 0.6 is 0 Å². The van der Waals surface area contributed by atoms with E-state index in [1.165, 1.54) is 32.1 Å². The lowest BCUT2D eigenvalue weighted by atomic mass is 9.88. The summed E-state index contributed by atoms with van der Waals surface area (Å²) < 4.78 is 1.80. The van der Waals surface area contributed by atoms with Gasteiger partial charge >= 0.3 is 0 Å². The number of rotatable bonds is 3. The molecule has 2 aliphatic carbocycles. The highest BCUT2D eigenvalue weighted by Gasteiger charge is 2.51. The lowest BCUT2D eigenvalue weighted by Gasteiger charge is -2.47. The molecule has 0 saturated heterocycles. The van der Waals surface area contributed by atoms with E-state index in [2.05, 4.69) is 26.1 Å². The highest BCUT2D eigenvalue weighted by Crippen LogP contribution is 2.36. The van der Waals surface area contributed by atoms with Crippen LogP contribution in [0.5, 0.6) is 0 Å². The number of hydrogen-bond acceptors (Lipinski definition) is 3. The molecule has 0 aromatic carbocycles. The van der Waals surface area contributed by atoms with Gasteiger partial charge in [0, 0.05) is 17.5 Å². The first-order valence-electron chi connectivity index (χ1n) is 12.4. The Kier molecular flexibility index (Phi) is 6.19. The van der Waals surface area contributed by atoms with Gasteiger partial charge in [0.25, 0.3) is 5.91 Å². The van der Waals surface area contributed by atoms with E-state index >= 15 is 0 Å². The first-order chi connectivity index (χ1) is 14.7. The number of carbonyl (C=O) groups is 2. The second kappa shape index (κ2) is 8.59. The van der Waals surface area contributed by atoms with E-state index in [9.17, 15) is 9.59 Å². The molecule has 2 heterocycles. The van der Waals surface area contributed by atoms with Gasteiger partial charge in [0.15, 0.2) is 0 Å². The minimum atomic E-state index is -0.905. The molecule has 0 spiro atoms. The monoisotopic (exact) mass is 428 g/mol. The summed E-state index contributed by atoms with van der Waals surface area (Å²) in [5, 5.41) is 8.11. The third-order valence-corrected chi connectivity index (χ3v) is 7.60. The van der Waals surface area contributed by atoms with Crippen LogP contribution in [0.1, 0.15) is 115 Å². The van der Waals surface area contributed by atoms with Gasteiger partial charge in [0.1, 0.15) is 11.2 Å². The van der Waals surface area contributed by atoms with E-state index in [-0.39, 0.29) is 29.3 Å². The van der Waals surface area contributed by atoms with Crippen LogP contribution in [0, 0.1) is 0 Å². The lowest BCUT2D eigenvalue weighted by molar-refractivity contribution is -0.135. The highest BCUT2D eigenvalue weighted by atomic mass is 16.2. The number of amides is 2. The average Bonchev–Trinajstić information content (AvgIpc) is 2.98. The summed E-state index contributed by atoms with van der Waals surface area (Å²) in [6.45, 7) is 8.74. The van der Waals surface area contributed by atoms with Gasteiger partial charge in [-0.3, -0.25) is 14.3 Å². The fourth-order valence-electron chi connectivity index (χ4n) is 5.65. The van der Waals surface area contributed by atoms with Crippen LogP contribution < -0.4 is 5.32 Å². The van der Waals surface area contributed by atoms with Gasteiger partial charge in [0.05, 0.1) is 12.2 Å². The Morgan fingerprint density at radius 3 is 2.23 bits per heavy atom. The van der Waals surface area contributed by atoms with Gasteiger partial charge in [-0.05, 0) is 38.7 Å². The molecule has 6 nitrogen and oxygen atoms in total. The zero-order chi connectivity index (χ0) is 22.2. The summed E-state index contributed by atoms with van der Waals surface area (Å²) in [5.41, 5.74) is 0.502. The second-order valence-electron chi connectivity index (χ2n) is 11.2. The topological polar surface area (TPSA) is 67.2 Å². The smallest absolute Gasteiger partial charge is 0.273 e. The van der Waals surface area contributed by atoms with Gasteiger partial charge in [-0.15, -0.1) is 0 Å². The molecule has 2 amide bonds. The molecule has 172 valence electrons. The van der Waals surface area contributed by atoms with Crippen molar-refractivity contribution in [1.82, 2.24) is 20.0 Å². The third kappa shape index (κ3) is 4.40. The molecule has 0 radical (unpaired) electrons. The fraction of sp³-hybridized carbons (Fsp3) is 0.800. The number of nitrogens with zero attached hydrogens (tertiary/aromatic N) is 3. The maximum Gasteiger partial charge on any atom is 0.273 e. The molecule has 1 aromatic heterocycles. The largest absolute Gasteiger partial charge is 0.351 e. The van der Waals surface area contributed by atoms with Crippen LogP contribution in [0.3, 0.4) is 0 Å². The predicted molar refractivity (Wildman–Crippen MR) is 122 cm³/mol. The summed E-state index contributed by atoms with van der Waals surface area (Å²) in [5.74, 6) is -0.0297. The lowest BCUT2D eigenvalue weighted by Crippen LogP contribution is -2.67. The molecule has 1 aromatic rings. The quantitative estimate of drug-likeness (QED) is 0.717. The molecule has 1 N–H and O–H groups in total. The Morgan fingerprint density at radius 1 is 1.03 bits per heavy atom. The van der Waals surface area contributed by atoms with Gasteiger partial charge in [-0.25, -0.2) is 0 Å². The van der Waals surface area contributed by atoms with Crippen molar-refractivity contribution in [3.63, 3.8) is 0 Å². The van der Waals surface area contributed by atoms with Crippen LogP contribution in [0.2, 0.25) is 0 Å². The molecular formula is C25H40N4O2. The molecule has 31 heavy (non-hydrogen) atoms. The zero-order valence-electron chi connectivity index (χ0n) is 19.9. The maximum atomic E-state index is 13.9. The van der Waals surface area contributed by atoms with Crippen molar-refractivity contribution in [2.45, 2.75) is 128 Å². The Balaban J connectivity index is 1.69. The molecule has 3 aliphatic rings. The average molecular weight is 429 g/mol. The Bertz CT molecular complexity index is 810. The SMILES string of the molecule is CC(C)(C)c1cc2n(n1)CC(C)(C(=O)NC1CCCCC1)N(C1CCCCCC1)C2=O. The summed E-state index contributed by atoms with van der Waals surface area (Å²) in [7, 11) is 0. The van der Waals surface area contributed by atoms with E-state index in [1.54, 1.807) is 4.68 Å². The summed E-state index contributed by atoms with van der Waals surface area (Å²) in [4.78, 5) is 29.6. The van der Waals surface area contributed by atoms with E-state index in [1.807, 2.05) is 17.9 Å². The van der Waals surface area contributed by atoms with Crippen molar-refractivity contribution in [1.29, 1.82) is 0 Å². The molecule has 2 saturated carbocycles. The van der Waals surface area contributed by atoms with Crippen LogP contribution in [-0.4, -0.2) is 44.1 Å². The molecule has 1 aliphatic heterocycles. The number of nitrogens with one attached hydrogen (secondary N) is 1. The molecule has 6 heteroatoms. The van der Waals surface area contributed by atoms with Crippen molar-refractivity contribution in [2.24, 2.45) is 0 Å². The van der Waals surface area contributed by atoms with Crippen molar-refractivity contribution < 1.29 is 9.59 Å². The Morgan fingerprint density at radius 2 is 1.61 bits per heavy atom. The predicted octanol–water partition coefficient (Wildman–Crippen LogP) is 4.57. The van der Waals surface area contributed by atoms with Crippen molar-refractivity contribution in [3.8, 4) is 0 Å². The number of carbonyl (C=O) groups excluding carboxylic acids is 2. The number of aromatic nitrogens is 2. The van der Waals surface area contributed by atoms with E-state index < -0.39 is 5.54 Å². The summed E-state index contributed by atoms with van der Waals surface area (Å²) in [6, 6.07) is 2.30. The standard InChI is InChI=1S/C25H40N4O2/c1-24(2,3)21-16-20-22(30)29(19-14-10-5-6-11-15-19)25(4,17-28(20)27-21)23(31)26-18-12-8-7-9-13-18/h16,18-19H,5-15,17H2,1-4H3,(H,26,31).